The van der Waals surface area contributed by atoms with Gasteiger partial charge in [0.05, 0.1) is 4.90 Å². The zero-order valence-electron chi connectivity index (χ0n) is 12.1. The van der Waals surface area contributed by atoms with E-state index in [1.807, 2.05) is 0 Å². The van der Waals surface area contributed by atoms with Gasteiger partial charge in [0.15, 0.2) is 0 Å². The summed E-state index contributed by atoms with van der Waals surface area (Å²) in [5.74, 6) is -0.416. The van der Waals surface area contributed by atoms with Gasteiger partial charge < -0.3 is 10.1 Å². The molecule has 3 aromatic rings. The topological polar surface area (TPSA) is 125 Å². The summed E-state index contributed by atoms with van der Waals surface area (Å²) in [4.78, 5) is 2.63. The van der Waals surface area contributed by atoms with Crippen molar-refractivity contribution in [2.45, 2.75) is 16.0 Å². The van der Waals surface area contributed by atoms with Crippen molar-refractivity contribution in [1.82, 2.24) is 25.6 Å². The maximum atomic E-state index is 12.9. The molecular formula is C14H12FN5O3S. The van der Waals surface area contributed by atoms with Crippen molar-refractivity contribution >= 4 is 15.9 Å². The lowest BCUT2D eigenvalue weighted by Gasteiger charge is -2.01. The number of hydrogen-bond donors (Lipinski definition) is 3. The van der Waals surface area contributed by atoms with E-state index in [9.17, 15) is 17.9 Å². The fourth-order valence-corrected chi connectivity index (χ4v) is 3.22. The molecule has 0 spiro atoms. The number of rotatable bonds is 5. The molecule has 2 aromatic heterocycles. The van der Waals surface area contributed by atoms with Crippen LogP contribution in [0.4, 0.5) is 4.39 Å². The van der Waals surface area contributed by atoms with E-state index in [1.165, 1.54) is 36.5 Å². The standard InChI is InChI=1S/C14H12FN5O3S/c15-10-2-4-11(5-3-10)24(22,23)13-7-9(8-16-13)1-6-12(21)14-17-19-20-18-14/h1-8,12,16,21H,(H,17,18,19,20). The van der Waals surface area contributed by atoms with Crippen LogP contribution in [0, 0.1) is 5.82 Å². The highest BCUT2D eigenvalue weighted by molar-refractivity contribution is 7.91. The lowest BCUT2D eigenvalue weighted by Crippen LogP contribution is -2.02. The molecule has 10 heteroatoms. The smallest absolute Gasteiger partial charge is 0.221 e. The number of nitrogens with zero attached hydrogens (tertiary/aromatic N) is 3. The van der Waals surface area contributed by atoms with Gasteiger partial charge in [0, 0.05) is 6.20 Å². The number of benzene rings is 1. The number of H-pyrrole nitrogens is 2. The minimum Gasteiger partial charge on any atom is -0.381 e. The van der Waals surface area contributed by atoms with Crippen LogP contribution in [0.1, 0.15) is 17.5 Å². The minimum absolute atomic E-state index is 0.0203. The zero-order valence-corrected chi connectivity index (χ0v) is 12.9. The Hall–Kier alpha value is -2.85. The first kappa shape index (κ1) is 16.0. The van der Waals surface area contributed by atoms with E-state index in [0.717, 1.165) is 12.1 Å². The number of aliphatic hydroxyl groups is 1. The first-order valence-electron chi connectivity index (χ1n) is 6.75. The molecule has 0 aliphatic heterocycles. The first-order chi connectivity index (χ1) is 11.5. The highest BCUT2D eigenvalue weighted by Crippen LogP contribution is 2.21. The third-order valence-corrected chi connectivity index (χ3v) is 4.90. The van der Waals surface area contributed by atoms with Gasteiger partial charge in [-0.3, -0.25) is 0 Å². The van der Waals surface area contributed by atoms with Crippen molar-refractivity contribution in [2.24, 2.45) is 0 Å². The third-order valence-electron chi connectivity index (χ3n) is 3.19. The fraction of sp³-hybridized carbons (Fsp3) is 0.0714. The van der Waals surface area contributed by atoms with Gasteiger partial charge in [-0.05, 0) is 42.0 Å². The predicted molar refractivity (Wildman–Crippen MR) is 80.8 cm³/mol. The summed E-state index contributed by atoms with van der Waals surface area (Å²) in [6.45, 7) is 0. The molecule has 1 aromatic carbocycles. The summed E-state index contributed by atoms with van der Waals surface area (Å²) in [5, 5.41) is 22.6. The summed E-state index contributed by atoms with van der Waals surface area (Å²) in [6.07, 6.45) is 3.30. The largest absolute Gasteiger partial charge is 0.381 e. The Morgan fingerprint density at radius 1 is 1.25 bits per heavy atom. The van der Waals surface area contributed by atoms with Crippen LogP contribution in [0.3, 0.4) is 0 Å². The number of hydrogen-bond acceptors (Lipinski definition) is 6. The molecule has 1 atom stereocenters. The number of aliphatic hydroxyl groups excluding tert-OH is 1. The van der Waals surface area contributed by atoms with Crippen molar-refractivity contribution in [3.8, 4) is 0 Å². The van der Waals surface area contributed by atoms with Gasteiger partial charge in [-0.1, -0.05) is 11.3 Å². The molecule has 3 rings (SSSR count). The Balaban J connectivity index is 1.81. The summed E-state index contributed by atoms with van der Waals surface area (Å²) < 4.78 is 37.8. The van der Waals surface area contributed by atoms with Gasteiger partial charge in [-0.2, -0.15) is 5.21 Å². The highest BCUT2D eigenvalue weighted by atomic mass is 32.2. The molecule has 0 radical (unpaired) electrons. The second-order valence-corrected chi connectivity index (χ2v) is 6.75. The first-order valence-corrected chi connectivity index (χ1v) is 8.24. The molecule has 3 N–H and O–H groups in total. The Labute approximate surface area is 136 Å². The van der Waals surface area contributed by atoms with E-state index in [0.29, 0.717) is 5.56 Å². The molecule has 0 fully saturated rings. The van der Waals surface area contributed by atoms with Crippen molar-refractivity contribution in [1.29, 1.82) is 0 Å². The number of aromatic amines is 2. The van der Waals surface area contributed by atoms with Gasteiger partial charge in [0.1, 0.15) is 16.9 Å². The van der Waals surface area contributed by atoms with Gasteiger partial charge in [-0.15, -0.1) is 10.2 Å². The summed E-state index contributed by atoms with van der Waals surface area (Å²) >= 11 is 0. The monoisotopic (exact) mass is 349 g/mol. The van der Waals surface area contributed by atoms with Crippen LogP contribution in [-0.4, -0.2) is 39.1 Å². The van der Waals surface area contributed by atoms with Gasteiger partial charge in [0.25, 0.3) is 0 Å². The number of sulfone groups is 1. The van der Waals surface area contributed by atoms with E-state index in [-0.39, 0.29) is 15.7 Å². The molecule has 1 unspecified atom stereocenters. The highest BCUT2D eigenvalue weighted by Gasteiger charge is 2.19. The maximum absolute atomic E-state index is 12.9. The molecular weight excluding hydrogens is 337 g/mol. The van der Waals surface area contributed by atoms with Crippen molar-refractivity contribution in [3.63, 3.8) is 0 Å². The molecule has 24 heavy (non-hydrogen) atoms. The van der Waals surface area contributed by atoms with E-state index >= 15 is 0 Å². The van der Waals surface area contributed by atoms with Crippen LogP contribution in [0.15, 0.2) is 52.5 Å². The molecule has 2 heterocycles. The number of tetrazole rings is 1. The van der Waals surface area contributed by atoms with Crippen LogP contribution >= 0.6 is 0 Å². The summed E-state index contributed by atoms with van der Waals surface area (Å²) in [6, 6.07) is 5.95. The number of nitrogens with one attached hydrogen (secondary N) is 2. The van der Waals surface area contributed by atoms with Crippen molar-refractivity contribution in [2.75, 3.05) is 0 Å². The molecule has 0 saturated heterocycles. The maximum Gasteiger partial charge on any atom is 0.221 e. The Morgan fingerprint density at radius 2 is 2.00 bits per heavy atom. The van der Waals surface area contributed by atoms with Gasteiger partial charge >= 0.3 is 0 Å². The van der Waals surface area contributed by atoms with E-state index in [1.54, 1.807) is 0 Å². The van der Waals surface area contributed by atoms with Crippen molar-refractivity contribution in [3.05, 3.63) is 59.8 Å². The molecule has 124 valence electrons. The molecule has 0 aliphatic carbocycles. The lowest BCUT2D eigenvalue weighted by molar-refractivity contribution is 0.219. The van der Waals surface area contributed by atoms with Crippen LogP contribution in [0.25, 0.3) is 6.08 Å². The molecule has 8 nitrogen and oxygen atoms in total. The normalized spacial score (nSPS) is 13.4. The van der Waals surface area contributed by atoms with Crippen LogP contribution in [0.5, 0.6) is 0 Å². The molecule has 0 aliphatic rings. The third kappa shape index (κ3) is 3.24. The predicted octanol–water partition coefficient (Wildman–Crippen LogP) is 1.25. The van der Waals surface area contributed by atoms with Crippen LogP contribution in [0.2, 0.25) is 0 Å². The van der Waals surface area contributed by atoms with E-state index in [2.05, 4.69) is 25.6 Å². The average molecular weight is 349 g/mol. The van der Waals surface area contributed by atoms with E-state index < -0.39 is 21.8 Å². The Bertz CT molecular complexity index is 949. The quantitative estimate of drug-likeness (QED) is 0.595. The summed E-state index contributed by atoms with van der Waals surface area (Å²) in [7, 11) is -3.77. The second-order valence-electron chi connectivity index (χ2n) is 4.83. The molecule has 0 saturated carbocycles. The van der Waals surface area contributed by atoms with Gasteiger partial charge in [-0.25, -0.2) is 12.8 Å². The van der Waals surface area contributed by atoms with E-state index in [4.69, 9.17) is 0 Å². The van der Waals surface area contributed by atoms with Crippen LogP contribution in [-0.2, 0) is 9.84 Å². The summed E-state index contributed by atoms with van der Waals surface area (Å²) in [5.41, 5.74) is 0.526. The van der Waals surface area contributed by atoms with Crippen molar-refractivity contribution < 1.29 is 17.9 Å². The average Bonchev–Trinajstić information content (AvgIpc) is 3.25. The zero-order chi connectivity index (χ0) is 17.2. The fourth-order valence-electron chi connectivity index (χ4n) is 1.96. The SMILES string of the molecule is O=S(=O)(c1ccc(F)cc1)c1cc(C=CC(O)c2nn[nH]n2)c[nH]1. The van der Waals surface area contributed by atoms with Gasteiger partial charge in [0.2, 0.25) is 15.7 Å². The second kappa shape index (κ2) is 6.34. The van der Waals surface area contributed by atoms with Crippen LogP contribution < -0.4 is 0 Å². The Morgan fingerprint density at radius 3 is 2.67 bits per heavy atom. The molecule has 0 amide bonds. The molecule has 0 bridgehead atoms. The Kier molecular flexibility index (Phi) is 4.23. The lowest BCUT2D eigenvalue weighted by atomic mass is 10.2. The number of aromatic nitrogens is 5. The number of halogens is 1. The minimum atomic E-state index is -3.77.